The number of anilines is 1. The van der Waals surface area contributed by atoms with Gasteiger partial charge in [0, 0.05) is 48.3 Å². The molecule has 0 atom stereocenters. The lowest BCUT2D eigenvalue weighted by Crippen LogP contribution is -2.18. The Bertz CT molecular complexity index is 1960. The number of fused-ring (bicyclic) bond motifs is 6. The van der Waals surface area contributed by atoms with Gasteiger partial charge in [-0.05, 0) is 49.4 Å². The van der Waals surface area contributed by atoms with E-state index < -0.39 is 0 Å². The van der Waals surface area contributed by atoms with Crippen LogP contribution in [0.5, 0.6) is 5.75 Å². The van der Waals surface area contributed by atoms with Gasteiger partial charge in [-0.1, -0.05) is 25.0 Å². The molecule has 0 saturated heterocycles. The molecular weight excluding hydrogens is 557 g/mol. The number of benzene rings is 2. The zero-order valence-corrected chi connectivity index (χ0v) is 23.8. The van der Waals surface area contributed by atoms with Gasteiger partial charge in [-0.25, -0.2) is 9.37 Å². The fraction of sp³-hybridized carbons (Fsp3) is 0.129. The van der Waals surface area contributed by atoms with Crippen LogP contribution in [0.25, 0.3) is 50.1 Å². The number of aromatic nitrogens is 2. The third-order valence-electron chi connectivity index (χ3n) is 7.23. The van der Waals surface area contributed by atoms with E-state index in [-0.39, 0.29) is 18.5 Å². The van der Waals surface area contributed by atoms with Crippen LogP contribution in [0.3, 0.4) is 0 Å². The van der Waals surface area contributed by atoms with Gasteiger partial charge in [-0.15, -0.1) is 0 Å². The maximum absolute atomic E-state index is 14.6. The molecule has 42 heavy (non-hydrogen) atoms. The number of carbonyl (C=O) groups excluding carboxylic acids is 2. The Morgan fingerprint density at radius 2 is 2.02 bits per heavy atom. The molecule has 0 saturated carbocycles. The number of ether oxygens (including phenoxy) is 1. The number of nitrogens with one attached hydrogen (secondary N) is 2. The fourth-order valence-corrected chi connectivity index (χ4v) is 5.42. The normalized spacial score (nSPS) is 12.7. The van der Waals surface area contributed by atoms with E-state index >= 15 is 0 Å². The van der Waals surface area contributed by atoms with Crippen LogP contribution in [0.4, 0.5) is 10.1 Å². The lowest BCUT2D eigenvalue weighted by atomic mass is 10.00. The second kappa shape index (κ2) is 10.7. The predicted octanol–water partition coefficient (Wildman–Crippen LogP) is 5.91. The Hall–Kier alpha value is -5.03. The fourth-order valence-electron chi connectivity index (χ4n) is 5.25. The van der Waals surface area contributed by atoms with Crippen molar-refractivity contribution in [2.75, 3.05) is 18.4 Å². The minimum atomic E-state index is -0.337. The molecule has 0 fully saturated rings. The Balaban J connectivity index is 1.57. The van der Waals surface area contributed by atoms with Crippen molar-refractivity contribution < 1.29 is 23.1 Å². The van der Waals surface area contributed by atoms with Crippen molar-refractivity contribution in [2.45, 2.75) is 13.7 Å². The Kier molecular flexibility index (Phi) is 6.95. The lowest BCUT2D eigenvalue weighted by Gasteiger charge is -2.22. The van der Waals surface area contributed by atoms with E-state index in [9.17, 15) is 14.0 Å². The van der Waals surface area contributed by atoms with Gasteiger partial charge in [-0.3, -0.25) is 9.59 Å². The molecule has 0 spiro atoms. The number of thiol groups is 1. The summed E-state index contributed by atoms with van der Waals surface area (Å²) in [6, 6.07) is 14.1. The number of carbonyl (C=O) groups is 2. The molecule has 6 rings (SSSR count). The van der Waals surface area contributed by atoms with Crippen molar-refractivity contribution in [3.63, 3.8) is 0 Å². The molecule has 11 heteroatoms. The van der Waals surface area contributed by atoms with Crippen LogP contribution in [-0.4, -0.2) is 36.0 Å². The maximum atomic E-state index is 14.6. The van der Waals surface area contributed by atoms with E-state index in [4.69, 9.17) is 14.1 Å². The van der Waals surface area contributed by atoms with E-state index in [0.29, 0.717) is 68.1 Å². The van der Waals surface area contributed by atoms with Gasteiger partial charge in [0.1, 0.15) is 28.6 Å². The SMILES string of the molecule is C/C=C(\C=C/NC=O)c1oc2cc(N(C)S)c(-c3ccc4c(n3)-c3cc5c(F)cccc5n3CO4)cc2c1C(=O)NC. The number of rotatable bonds is 7. The van der Waals surface area contributed by atoms with E-state index in [1.807, 2.05) is 35.8 Å². The Morgan fingerprint density at radius 3 is 2.76 bits per heavy atom. The average Bonchev–Trinajstić information content (AvgIpc) is 3.57. The molecule has 0 radical (unpaired) electrons. The molecule has 9 nitrogen and oxygen atoms in total. The summed E-state index contributed by atoms with van der Waals surface area (Å²) in [5.41, 5.74) is 5.42. The van der Waals surface area contributed by atoms with Gasteiger partial charge in [0.15, 0.2) is 6.73 Å². The van der Waals surface area contributed by atoms with Gasteiger partial charge in [0.25, 0.3) is 5.91 Å². The molecule has 4 heterocycles. The van der Waals surface area contributed by atoms with Crippen molar-refractivity contribution in [1.82, 2.24) is 20.2 Å². The largest absolute Gasteiger partial charge is 0.470 e. The summed E-state index contributed by atoms with van der Waals surface area (Å²) >= 11 is 4.58. The first-order valence-corrected chi connectivity index (χ1v) is 13.5. The lowest BCUT2D eigenvalue weighted by molar-refractivity contribution is -0.108. The molecule has 2 N–H and O–H groups in total. The number of hydrogen-bond acceptors (Lipinski definition) is 7. The quantitative estimate of drug-likeness (QED) is 0.125. The third kappa shape index (κ3) is 4.38. The minimum absolute atomic E-state index is 0.240. The Morgan fingerprint density at radius 1 is 1.19 bits per heavy atom. The van der Waals surface area contributed by atoms with Gasteiger partial charge in [0.2, 0.25) is 6.41 Å². The van der Waals surface area contributed by atoms with Crippen LogP contribution in [-0.2, 0) is 11.5 Å². The number of halogens is 1. The molecule has 2 amide bonds. The van der Waals surface area contributed by atoms with E-state index in [1.54, 1.807) is 48.8 Å². The van der Waals surface area contributed by atoms with Crippen LogP contribution < -0.4 is 19.7 Å². The van der Waals surface area contributed by atoms with Gasteiger partial charge in [-0.2, -0.15) is 0 Å². The molecule has 1 aliphatic rings. The maximum Gasteiger partial charge on any atom is 0.255 e. The molecule has 2 aromatic carbocycles. The second-order valence-corrected chi connectivity index (χ2v) is 10.2. The van der Waals surface area contributed by atoms with Crippen LogP contribution in [0, 0.1) is 5.82 Å². The van der Waals surface area contributed by atoms with E-state index in [2.05, 4.69) is 23.4 Å². The zero-order valence-electron chi connectivity index (χ0n) is 22.9. The summed E-state index contributed by atoms with van der Waals surface area (Å²) in [5, 5.41) is 6.24. The summed E-state index contributed by atoms with van der Waals surface area (Å²) in [7, 11) is 3.33. The number of amides is 2. The van der Waals surface area contributed by atoms with E-state index in [0.717, 1.165) is 11.2 Å². The average molecular weight is 584 g/mol. The summed E-state index contributed by atoms with van der Waals surface area (Å²) in [6.07, 6.45) is 5.45. The number of furan rings is 1. The molecule has 3 aromatic heterocycles. The molecule has 5 aromatic rings. The number of pyridine rings is 1. The smallest absolute Gasteiger partial charge is 0.255 e. The molecule has 1 aliphatic heterocycles. The van der Waals surface area contributed by atoms with Crippen molar-refractivity contribution in [3.8, 4) is 28.4 Å². The monoisotopic (exact) mass is 583 g/mol. The minimum Gasteiger partial charge on any atom is -0.470 e. The van der Waals surface area contributed by atoms with Gasteiger partial charge < -0.3 is 28.7 Å². The molecule has 0 unspecified atom stereocenters. The molecular formula is C31H26FN5O4S. The number of hydrogen-bond donors (Lipinski definition) is 3. The summed E-state index contributed by atoms with van der Waals surface area (Å²) in [5.74, 6) is 0.280. The highest BCUT2D eigenvalue weighted by atomic mass is 32.1. The van der Waals surface area contributed by atoms with Crippen molar-refractivity contribution in [2.24, 2.45) is 0 Å². The standard InChI is InChI=1S/C31H26FN5O4S/c1-4-17(10-11-34-15-38)30-28(31(39)33-2)20-12-19(24(36(3)42)14-27(20)41-30)22-8-9-26-29(35-22)25-13-18-21(32)6-5-7-23(18)37(25)16-40-26/h4-15,42H,16H2,1-3H3,(H,33,39)(H,34,38)/b11-10-,17-4+. The first kappa shape index (κ1) is 27.2. The van der Waals surface area contributed by atoms with Gasteiger partial charge >= 0.3 is 0 Å². The second-order valence-electron chi connectivity index (χ2n) is 9.58. The summed E-state index contributed by atoms with van der Waals surface area (Å²) in [4.78, 5) is 28.9. The number of allylic oxidation sites excluding steroid dienone is 3. The van der Waals surface area contributed by atoms with Gasteiger partial charge in [0.05, 0.1) is 28.2 Å². The zero-order chi connectivity index (χ0) is 29.5. The highest BCUT2D eigenvalue weighted by Crippen LogP contribution is 2.43. The van der Waals surface area contributed by atoms with Crippen LogP contribution in [0.2, 0.25) is 0 Å². The molecule has 0 bridgehead atoms. The van der Waals surface area contributed by atoms with Crippen LogP contribution in [0.1, 0.15) is 23.0 Å². The number of nitrogens with zero attached hydrogens (tertiary/aromatic N) is 3. The summed E-state index contributed by atoms with van der Waals surface area (Å²) in [6.45, 7) is 2.05. The van der Waals surface area contributed by atoms with Crippen molar-refractivity contribution >= 4 is 58.3 Å². The topological polar surface area (TPSA) is 102 Å². The van der Waals surface area contributed by atoms with Crippen LogP contribution >= 0.6 is 12.8 Å². The van der Waals surface area contributed by atoms with Crippen molar-refractivity contribution in [3.05, 3.63) is 84.0 Å². The highest BCUT2D eigenvalue weighted by molar-refractivity contribution is 7.81. The third-order valence-corrected chi connectivity index (χ3v) is 7.44. The predicted molar refractivity (Wildman–Crippen MR) is 164 cm³/mol. The summed E-state index contributed by atoms with van der Waals surface area (Å²) < 4.78 is 30.4. The van der Waals surface area contributed by atoms with E-state index in [1.165, 1.54) is 12.3 Å². The Labute approximate surface area is 245 Å². The molecule has 212 valence electrons. The first-order chi connectivity index (χ1) is 20.4. The van der Waals surface area contributed by atoms with Crippen LogP contribution in [0.15, 0.2) is 71.3 Å². The van der Waals surface area contributed by atoms with Crippen molar-refractivity contribution in [1.29, 1.82) is 0 Å². The molecule has 0 aliphatic carbocycles. The first-order valence-electron chi connectivity index (χ1n) is 13.1. The highest BCUT2D eigenvalue weighted by Gasteiger charge is 2.27.